The first-order valence-corrected chi connectivity index (χ1v) is 6.23. The summed E-state index contributed by atoms with van der Waals surface area (Å²) in [4.78, 5) is 0. The van der Waals surface area contributed by atoms with Gasteiger partial charge in [0, 0.05) is 6.54 Å². The lowest BCUT2D eigenvalue weighted by Gasteiger charge is -2.21. The predicted octanol–water partition coefficient (Wildman–Crippen LogP) is 2.32. The molecule has 1 saturated carbocycles. The van der Waals surface area contributed by atoms with Crippen molar-refractivity contribution >= 4 is 0 Å². The quantitative estimate of drug-likeness (QED) is 0.526. The first-order chi connectivity index (χ1) is 6.84. The van der Waals surface area contributed by atoms with Crippen molar-refractivity contribution in [1.82, 2.24) is 5.32 Å². The third kappa shape index (κ3) is 4.43. The molecule has 14 heavy (non-hydrogen) atoms. The van der Waals surface area contributed by atoms with E-state index in [1.165, 1.54) is 38.5 Å². The third-order valence-electron chi connectivity index (χ3n) is 3.22. The van der Waals surface area contributed by atoms with Crippen LogP contribution in [0.5, 0.6) is 0 Å². The van der Waals surface area contributed by atoms with Gasteiger partial charge < -0.3 is 10.4 Å². The van der Waals surface area contributed by atoms with Gasteiger partial charge in [-0.2, -0.15) is 0 Å². The van der Waals surface area contributed by atoms with E-state index in [0.29, 0.717) is 5.92 Å². The van der Waals surface area contributed by atoms with Gasteiger partial charge in [0.2, 0.25) is 0 Å². The topological polar surface area (TPSA) is 32.3 Å². The van der Waals surface area contributed by atoms with Gasteiger partial charge in [0.05, 0.1) is 6.10 Å². The molecule has 84 valence electrons. The highest BCUT2D eigenvalue weighted by Gasteiger charge is 2.19. The fraction of sp³-hybridized carbons (Fsp3) is 1.00. The summed E-state index contributed by atoms with van der Waals surface area (Å²) in [6.07, 6.45) is 8.86. The SMILES string of the molecule is CCCNCC(O)C1CCCCCC1. The van der Waals surface area contributed by atoms with E-state index in [-0.39, 0.29) is 6.10 Å². The molecule has 0 aromatic rings. The molecule has 0 aliphatic heterocycles. The second-order valence-corrected chi connectivity index (χ2v) is 4.52. The molecule has 1 aliphatic rings. The Labute approximate surface area is 88.1 Å². The minimum atomic E-state index is -0.111. The number of hydrogen-bond donors (Lipinski definition) is 2. The fourth-order valence-corrected chi connectivity index (χ4v) is 2.29. The Bertz CT molecular complexity index is 130. The van der Waals surface area contributed by atoms with Crippen molar-refractivity contribution in [1.29, 1.82) is 0 Å². The van der Waals surface area contributed by atoms with Crippen LogP contribution in [0.2, 0.25) is 0 Å². The van der Waals surface area contributed by atoms with Crippen LogP contribution < -0.4 is 5.32 Å². The molecule has 2 nitrogen and oxygen atoms in total. The summed E-state index contributed by atoms with van der Waals surface area (Å²) < 4.78 is 0. The highest BCUT2D eigenvalue weighted by atomic mass is 16.3. The lowest BCUT2D eigenvalue weighted by molar-refractivity contribution is 0.0975. The van der Waals surface area contributed by atoms with Crippen molar-refractivity contribution < 1.29 is 5.11 Å². The first-order valence-electron chi connectivity index (χ1n) is 6.23. The molecule has 1 unspecified atom stereocenters. The van der Waals surface area contributed by atoms with E-state index >= 15 is 0 Å². The smallest absolute Gasteiger partial charge is 0.0692 e. The van der Waals surface area contributed by atoms with Crippen LogP contribution >= 0.6 is 0 Å². The Morgan fingerprint density at radius 2 is 1.86 bits per heavy atom. The van der Waals surface area contributed by atoms with Gasteiger partial charge in [-0.25, -0.2) is 0 Å². The molecule has 0 radical (unpaired) electrons. The summed E-state index contributed by atoms with van der Waals surface area (Å²) in [5.41, 5.74) is 0. The van der Waals surface area contributed by atoms with Crippen molar-refractivity contribution in [3.05, 3.63) is 0 Å². The molecule has 0 bridgehead atoms. The number of nitrogens with one attached hydrogen (secondary N) is 1. The van der Waals surface area contributed by atoms with Crippen molar-refractivity contribution in [3.63, 3.8) is 0 Å². The minimum absolute atomic E-state index is 0.111. The molecule has 0 amide bonds. The molecule has 0 aromatic heterocycles. The second-order valence-electron chi connectivity index (χ2n) is 4.52. The van der Waals surface area contributed by atoms with Crippen molar-refractivity contribution in [3.8, 4) is 0 Å². The van der Waals surface area contributed by atoms with E-state index in [2.05, 4.69) is 12.2 Å². The van der Waals surface area contributed by atoms with Crippen molar-refractivity contribution in [2.75, 3.05) is 13.1 Å². The highest BCUT2D eigenvalue weighted by molar-refractivity contribution is 4.73. The largest absolute Gasteiger partial charge is 0.392 e. The summed E-state index contributed by atoms with van der Waals surface area (Å²) >= 11 is 0. The molecular weight excluding hydrogens is 174 g/mol. The van der Waals surface area contributed by atoms with Crippen LogP contribution in [-0.4, -0.2) is 24.3 Å². The number of aliphatic hydroxyl groups is 1. The van der Waals surface area contributed by atoms with Gasteiger partial charge in [-0.1, -0.05) is 32.6 Å². The average Bonchev–Trinajstić information content (AvgIpc) is 2.46. The van der Waals surface area contributed by atoms with Gasteiger partial charge in [-0.3, -0.25) is 0 Å². The normalized spacial score (nSPS) is 21.9. The van der Waals surface area contributed by atoms with Crippen LogP contribution in [0.3, 0.4) is 0 Å². The highest BCUT2D eigenvalue weighted by Crippen LogP contribution is 2.25. The van der Waals surface area contributed by atoms with E-state index in [0.717, 1.165) is 19.5 Å². The maximum atomic E-state index is 9.96. The zero-order valence-corrected chi connectivity index (χ0v) is 9.47. The van der Waals surface area contributed by atoms with Gasteiger partial charge in [0.25, 0.3) is 0 Å². The number of hydrogen-bond acceptors (Lipinski definition) is 2. The fourth-order valence-electron chi connectivity index (χ4n) is 2.29. The van der Waals surface area contributed by atoms with E-state index in [1.807, 2.05) is 0 Å². The van der Waals surface area contributed by atoms with Gasteiger partial charge in [-0.05, 0) is 31.7 Å². The van der Waals surface area contributed by atoms with Gasteiger partial charge in [0.1, 0.15) is 0 Å². The summed E-state index contributed by atoms with van der Waals surface area (Å²) in [5, 5.41) is 13.3. The molecule has 1 atom stereocenters. The van der Waals surface area contributed by atoms with E-state index in [1.54, 1.807) is 0 Å². The number of rotatable bonds is 5. The predicted molar refractivity (Wildman–Crippen MR) is 60.4 cm³/mol. The molecule has 0 aromatic carbocycles. The van der Waals surface area contributed by atoms with E-state index < -0.39 is 0 Å². The van der Waals surface area contributed by atoms with Crippen molar-refractivity contribution in [2.24, 2.45) is 5.92 Å². The maximum Gasteiger partial charge on any atom is 0.0692 e. The number of aliphatic hydroxyl groups excluding tert-OH is 1. The molecule has 2 heteroatoms. The van der Waals surface area contributed by atoms with E-state index in [4.69, 9.17) is 0 Å². The Hall–Kier alpha value is -0.0800. The van der Waals surface area contributed by atoms with E-state index in [9.17, 15) is 5.11 Å². The molecular formula is C12H25NO. The molecule has 1 rings (SSSR count). The summed E-state index contributed by atoms with van der Waals surface area (Å²) in [6.45, 7) is 3.98. The minimum Gasteiger partial charge on any atom is -0.392 e. The van der Waals surface area contributed by atoms with Crippen LogP contribution in [0, 0.1) is 5.92 Å². The van der Waals surface area contributed by atoms with Crippen LogP contribution in [0.4, 0.5) is 0 Å². The first kappa shape index (κ1) is 12.0. The molecule has 1 aliphatic carbocycles. The summed E-state index contributed by atoms with van der Waals surface area (Å²) in [7, 11) is 0. The zero-order valence-electron chi connectivity index (χ0n) is 9.47. The second kappa shape index (κ2) is 7.24. The summed E-state index contributed by atoms with van der Waals surface area (Å²) in [5.74, 6) is 0.557. The zero-order chi connectivity index (χ0) is 10.2. The Kier molecular flexibility index (Phi) is 6.20. The molecule has 0 saturated heterocycles. The maximum absolute atomic E-state index is 9.96. The molecule has 2 N–H and O–H groups in total. The van der Waals surface area contributed by atoms with Gasteiger partial charge in [0.15, 0.2) is 0 Å². The van der Waals surface area contributed by atoms with Crippen LogP contribution in [0.25, 0.3) is 0 Å². The lowest BCUT2D eigenvalue weighted by atomic mass is 9.94. The Balaban J connectivity index is 2.16. The summed E-state index contributed by atoms with van der Waals surface area (Å²) in [6, 6.07) is 0. The molecule has 0 spiro atoms. The lowest BCUT2D eigenvalue weighted by Crippen LogP contribution is -2.33. The third-order valence-corrected chi connectivity index (χ3v) is 3.22. The van der Waals surface area contributed by atoms with Crippen molar-refractivity contribution in [2.45, 2.75) is 58.0 Å². The van der Waals surface area contributed by atoms with Crippen LogP contribution in [-0.2, 0) is 0 Å². The van der Waals surface area contributed by atoms with Gasteiger partial charge >= 0.3 is 0 Å². The molecule has 0 heterocycles. The van der Waals surface area contributed by atoms with Crippen LogP contribution in [0.15, 0.2) is 0 Å². The van der Waals surface area contributed by atoms with Crippen LogP contribution in [0.1, 0.15) is 51.9 Å². The monoisotopic (exact) mass is 199 g/mol. The molecule has 1 fully saturated rings. The van der Waals surface area contributed by atoms with Gasteiger partial charge in [-0.15, -0.1) is 0 Å². The standard InChI is InChI=1S/C12H25NO/c1-2-9-13-10-12(14)11-7-5-3-4-6-8-11/h11-14H,2-10H2,1H3. The Morgan fingerprint density at radius 1 is 1.21 bits per heavy atom. The Morgan fingerprint density at radius 3 is 2.43 bits per heavy atom. The average molecular weight is 199 g/mol.